The van der Waals surface area contributed by atoms with Crippen molar-refractivity contribution in [1.29, 1.82) is 0 Å². The molecule has 0 unspecified atom stereocenters. The quantitative estimate of drug-likeness (QED) is 0.724. The minimum Gasteiger partial charge on any atom is -0.469 e. The third-order valence-electron chi connectivity index (χ3n) is 2.70. The fourth-order valence-electron chi connectivity index (χ4n) is 1.80. The minimum absolute atomic E-state index is 0.232. The molecule has 0 spiro atoms. The van der Waals surface area contributed by atoms with Crippen LogP contribution in [0.25, 0.3) is 10.9 Å². The number of benzene rings is 1. The number of rotatable bonds is 2. The number of carbonyl (C=O) groups is 1. The van der Waals surface area contributed by atoms with E-state index in [-0.39, 0.29) is 5.91 Å². The van der Waals surface area contributed by atoms with E-state index in [1.165, 1.54) is 6.26 Å². The van der Waals surface area contributed by atoms with Crippen LogP contribution in [-0.2, 0) is 0 Å². The summed E-state index contributed by atoms with van der Waals surface area (Å²) < 4.78 is 5.10. The molecule has 1 amide bonds. The molecule has 0 saturated heterocycles. The molecule has 0 aliphatic rings. The molecule has 0 bridgehead atoms. The number of amides is 1. The van der Waals surface area contributed by atoms with Crippen LogP contribution in [0.3, 0.4) is 0 Å². The molecule has 3 aromatic rings. The number of furan rings is 1. The second kappa shape index (κ2) is 4.03. The van der Waals surface area contributed by atoms with Gasteiger partial charge in [-0.3, -0.25) is 9.89 Å². The van der Waals surface area contributed by atoms with Crippen molar-refractivity contribution in [3.63, 3.8) is 0 Å². The average Bonchev–Trinajstić information content (AvgIpc) is 2.97. The number of fused-ring (bicyclic) bond motifs is 1. The first kappa shape index (κ1) is 10.6. The van der Waals surface area contributed by atoms with Gasteiger partial charge in [0.05, 0.1) is 11.1 Å². The Hall–Kier alpha value is -2.56. The highest BCUT2D eigenvalue weighted by Gasteiger charge is 2.12. The van der Waals surface area contributed by atoms with Crippen LogP contribution in [0.15, 0.2) is 41.0 Å². The molecule has 3 rings (SSSR count). The first-order valence-electron chi connectivity index (χ1n) is 5.53. The Morgan fingerprint density at radius 2 is 2.22 bits per heavy atom. The third-order valence-corrected chi connectivity index (χ3v) is 2.70. The lowest BCUT2D eigenvalue weighted by Crippen LogP contribution is -2.11. The largest absolute Gasteiger partial charge is 0.469 e. The summed E-state index contributed by atoms with van der Waals surface area (Å²) in [5.41, 5.74) is 1.37. The van der Waals surface area contributed by atoms with E-state index in [9.17, 15) is 4.79 Å². The first-order valence-corrected chi connectivity index (χ1v) is 5.53. The van der Waals surface area contributed by atoms with Gasteiger partial charge in [0.25, 0.3) is 5.91 Å². The normalized spacial score (nSPS) is 10.7. The summed E-state index contributed by atoms with van der Waals surface area (Å²) >= 11 is 0. The summed E-state index contributed by atoms with van der Waals surface area (Å²) in [7, 11) is 0. The van der Waals surface area contributed by atoms with Crippen LogP contribution in [0, 0.1) is 6.92 Å². The summed E-state index contributed by atoms with van der Waals surface area (Å²) in [6.07, 6.45) is 1.43. The predicted octanol–water partition coefficient (Wildman–Crippen LogP) is 2.72. The van der Waals surface area contributed by atoms with Crippen molar-refractivity contribution in [2.45, 2.75) is 6.92 Å². The van der Waals surface area contributed by atoms with Crippen molar-refractivity contribution in [2.24, 2.45) is 0 Å². The van der Waals surface area contributed by atoms with E-state index in [1.54, 1.807) is 13.0 Å². The van der Waals surface area contributed by atoms with Gasteiger partial charge in [-0.05, 0) is 25.1 Å². The molecule has 2 N–H and O–H groups in total. The summed E-state index contributed by atoms with van der Waals surface area (Å²) in [5, 5.41) is 10.6. The molecule has 0 radical (unpaired) electrons. The van der Waals surface area contributed by atoms with Crippen LogP contribution < -0.4 is 5.32 Å². The molecule has 90 valence electrons. The van der Waals surface area contributed by atoms with E-state index >= 15 is 0 Å². The van der Waals surface area contributed by atoms with Crippen LogP contribution in [0.4, 0.5) is 5.82 Å². The van der Waals surface area contributed by atoms with Gasteiger partial charge < -0.3 is 9.73 Å². The molecule has 1 aromatic carbocycles. The predicted molar refractivity (Wildman–Crippen MR) is 67.5 cm³/mol. The second-order valence-corrected chi connectivity index (χ2v) is 4.02. The van der Waals surface area contributed by atoms with Gasteiger partial charge in [-0.15, -0.1) is 0 Å². The van der Waals surface area contributed by atoms with Crippen LogP contribution in [0.2, 0.25) is 0 Å². The van der Waals surface area contributed by atoms with E-state index < -0.39 is 0 Å². The van der Waals surface area contributed by atoms with Crippen molar-refractivity contribution >= 4 is 22.6 Å². The van der Waals surface area contributed by atoms with Gasteiger partial charge >= 0.3 is 0 Å². The Bertz CT molecular complexity index is 712. The maximum atomic E-state index is 11.9. The highest BCUT2D eigenvalue weighted by Crippen LogP contribution is 2.20. The zero-order valence-electron chi connectivity index (χ0n) is 9.73. The van der Waals surface area contributed by atoms with Crippen LogP contribution in [0.5, 0.6) is 0 Å². The topological polar surface area (TPSA) is 70.9 Å². The third kappa shape index (κ3) is 1.75. The second-order valence-electron chi connectivity index (χ2n) is 4.02. The number of nitrogens with one attached hydrogen (secondary N) is 2. The van der Waals surface area contributed by atoms with Crippen molar-refractivity contribution in [3.8, 4) is 0 Å². The van der Waals surface area contributed by atoms with Crippen LogP contribution in [-0.4, -0.2) is 16.1 Å². The summed E-state index contributed by atoms with van der Waals surface area (Å²) in [4.78, 5) is 11.9. The average molecular weight is 241 g/mol. The van der Waals surface area contributed by atoms with E-state index in [2.05, 4.69) is 15.5 Å². The molecule has 5 heteroatoms. The van der Waals surface area contributed by atoms with Gasteiger partial charge in [0.2, 0.25) is 0 Å². The van der Waals surface area contributed by atoms with Crippen molar-refractivity contribution < 1.29 is 9.21 Å². The maximum absolute atomic E-state index is 11.9. The monoisotopic (exact) mass is 241 g/mol. The van der Waals surface area contributed by atoms with E-state index in [4.69, 9.17) is 4.42 Å². The summed E-state index contributed by atoms with van der Waals surface area (Å²) in [6, 6.07) is 9.29. The molecular formula is C13H11N3O2. The molecule has 18 heavy (non-hydrogen) atoms. The number of hydrogen-bond acceptors (Lipinski definition) is 3. The number of aromatic amines is 1. The molecule has 0 fully saturated rings. The van der Waals surface area contributed by atoms with Gasteiger partial charge in [-0.2, -0.15) is 5.10 Å². The Morgan fingerprint density at radius 1 is 1.39 bits per heavy atom. The lowest BCUT2D eigenvalue weighted by Gasteiger charge is -1.99. The van der Waals surface area contributed by atoms with Crippen molar-refractivity contribution in [2.75, 3.05) is 5.32 Å². The molecule has 2 heterocycles. The molecule has 0 aliphatic heterocycles. The lowest BCUT2D eigenvalue weighted by molar-refractivity contribution is 0.102. The lowest BCUT2D eigenvalue weighted by atomic mass is 10.2. The Kier molecular flexibility index (Phi) is 2.37. The number of para-hydroxylation sites is 1. The number of H-pyrrole nitrogens is 1. The fraction of sp³-hybridized carbons (Fsp3) is 0.0769. The number of anilines is 1. The van der Waals surface area contributed by atoms with E-state index in [1.807, 2.05) is 24.3 Å². The molecule has 0 atom stereocenters. The number of carbonyl (C=O) groups excluding carboxylic acids is 1. The van der Waals surface area contributed by atoms with Gasteiger partial charge in [0, 0.05) is 5.39 Å². The van der Waals surface area contributed by atoms with Crippen molar-refractivity contribution in [1.82, 2.24) is 10.2 Å². The van der Waals surface area contributed by atoms with Gasteiger partial charge in [-0.1, -0.05) is 12.1 Å². The summed E-state index contributed by atoms with van der Waals surface area (Å²) in [6.45, 7) is 1.79. The van der Waals surface area contributed by atoms with E-state index in [0.29, 0.717) is 17.1 Å². The molecule has 0 aliphatic carbocycles. The molecule has 5 nitrogen and oxygen atoms in total. The first-order chi connectivity index (χ1) is 8.74. The number of nitrogens with zero attached hydrogens (tertiary/aromatic N) is 1. The minimum atomic E-state index is -0.232. The SMILES string of the molecule is Cc1cc(C(=O)Nc2n[nH]c3ccccc23)co1. The Labute approximate surface area is 103 Å². The van der Waals surface area contributed by atoms with Crippen LogP contribution in [0.1, 0.15) is 16.1 Å². The van der Waals surface area contributed by atoms with Gasteiger partial charge in [0.1, 0.15) is 12.0 Å². The zero-order valence-corrected chi connectivity index (χ0v) is 9.73. The molecule has 0 saturated carbocycles. The number of hydrogen-bond donors (Lipinski definition) is 2. The van der Waals surface area contributed by atoms with Gasteiger partial charge in [-0.25, -0.2) is 0 Å². The maximum Gasteiger partial charge on any atom is 0.260 e. The number of aromatic nitrogens is 2. The Balaban J connectivity index is 1.90. The zero-order chi connectivity index (χ0) is 12.5. The number of aryl methyl sites for hydroxylation is 1. The Morgan fingerprint density at radius 3 is 3.00 bits per heavy atom. The van der Waals surface area contributed by atoms with Crippen LogP contribution >= 0.6 is 0 Å². The van der Waals surface area contributed by atoms with Gasteiger partial charge in [0.15, 0.2) is 5.82 Å². The molecule has 2 aromatic heterocycles. The molecular weight excluding hydrogens is 230 g/mol. The standard InChI is InChI=1S/C13H11N3O2/c1-8-6-9(7-18-8)13(17)14-12-10-4-2-3-5-11(10)15-16-12/h2-7H,1H3,(H2,14,15,16,17). The fourth-order valence-corrected chi connectivity index (χ4v) is 1.80. The van der Waals surface area contributed by atoms with E-state index in [0.717, 1.165) is 10.9 Å². The smallest absolute Gasteiger partial charge is 0.260 e. The highest BCUT2D eigenvalue weighted by atomic mass is 16.3. The summed E-state index contributed by atoms with van der Waals surface area (Å²) in [5.74, 6) is 0.991. The van der Waals surface area contributed by atoms with Crippen molar-refractivity contribution in [3.05, 3.63) is 47.9 Å². The highest BCUT2D eigenvalue weighted by molar-refractivity contribution is 6.07.